The van der Waals surface area contributed by atoms with Crippen LogP contribution < -0.4 is 10.9 Å². The van der Waals surface area contributed by atoms with E-state index >= 15 is 0 Å². The standard InChI is InChI=1S/C25H19FN4O2/c1-4-17-6-5-7-18-14-21(15(2)29-24(31)23-16(3)27-12-13-28-23)30(25(32)22(17)18)20-10-8-19(26)9-11-20/h1,5-15H,2-3H3,(H,29,31). The molecule has 6 nitrogen and oxygen atoms in total. The van der Waals surface area contributed by atoms with Gasteiger partial charge in [0, 0.05) is 29.3 Å². The van der Waals surface area contributed by atoms with E-state index < -0.39 is 17.8 Å². The largest absolute Gasteiger partial charge is 0.343 e. The summed E-state index contributed by atoms with van der Waals surface area (Å²) in [7, 11) is 0. The summed E-state index contributed by atoms with van der Waals surface area (Å²) in [4.78, 5) is 34.6. The third kappa shape index (κ3) is 3.74. The van der Waals surface area contributed by atoms with Gasteiger partial charge in [0.2, 0.25) is 0 Å². The van der Waals surface area contributed by atoms with Crippen LogP contribution in [0.1, 0.15) is 40.4 Å². The molecule has 1 unspecified atom stereocenters. The van der Waals surface area contributed by atoms with Gasteiger partial charge >= 0.3 is 0 Å². The van der Waals surface area contributed by atoms with E-state index in [1.54, 1.807) is 38.1 Å². The third-order valence-electron chi connectivity index (χ3n) is 5.20. The average Bonchev–Trinajstić information content (AvgIpc) is 2.79. The van der Waals surface area contributed by atoms with Crippen molar-refractivity contribution in [2.75, 3.05) is 0 Å². The van der Waals surface area contributed by atoms with Gasteiger partial charge in [0.05, 0.1) is 17.1 Å². The Hall–Kier alpha value is -4.31. The fourth-order valence-corrected chi connectivity index (χ4v) is 3.65. The van der Waals surface area contributed by atoms with E-state index in [2.05, 4.69) is 21.2 Å². The lowest BCUT2D eigenvalue weighted by molar-refractivity contribution is 0.0932. The Kier molecular flexibility index (Phi) is 5.52. The van der Waals surface area contributed by atoms with E-state index in [1.165, 1.54) is 41.2 Å². The van der Waals surface area contributed by atoms with E-state index in [-0.39, 0.29) is 11.3 Å². The Bertz CT molecular complexity index is 1440. The summed E-state index contributed by atoms with van der Waals surface area (Å²) in [5, 5.41) is 3.91. The smallest absolute Gasteiger partial charge is 0.272 e. The summed E-state index contributed by atoms with van der Waals surface area (Å²) < 4.78 is 15.0. The Morgan fingerprint density at radius 2 is 1.88 bits per heavy atom. The summed E-state index contributed by atoms with van der Waals surface area (Å²) in [6.45, 7) is 3.45. The SMILES string of the molecule is C#Cc1cccc2cc(C(C)NC(=O)c3nccnc3C)n(-c3ccc(F)cc3)c(=O)c12. The second-order valence-corrected chi connectivity index (χ2v) is 7.29. The number of pyridine rings is 1. The van der Waals surface area contributed by atoms with Gasteiger partial charge in [-0.25, -0.2) is 9.37 Å². The number of carbonyl (C=O) groups is 1. The molecular formula is C25H19FN4O2. The molecule has 4 aromatic rings. The quantitative estimate of drug-likeness (QED) is 0.505. The van der Waals surface area contributed by atoms with Crippen molar-refractivity contribution in [3.63, 3.8) is 0 Å². The van der Waals surface area contributed by atoms with Gasteiger partial charge in [-0.3, -0.25) is 19.1 Å². The third-order valence-corrected chi connectivity index (χ3v) is 5.20. The molecule has 0 saturated carbocycles. The molecule has 1 N–H and O–H groups in total. The molecule has 158 valence electrons. The minimum absolute atomic E-state index is 0.199. The predicted molar refractivity (Wildman–Crippen MR) is 120 cm³/mol. The summed E-state index contributed by atoms with van der Waals surface area (Å²) in [6, 6.07) is 12.0. The highest BCUT2D eigenvalue weighted by Gasteiger charge is 2.21. The van der Waals surface area contributed by atoms with E-state index in [1.807, 2.05) is 0 Å². The molecule has 0 radical (unpaired) electrons. The molecule has 2 aromatic heterocycles. The van der Waals surface area contributed by atoms with Crippen molar-refractivity contribution in [3.8, 4) is 18.0 Å². The molecule has 2 aromatic carbocycles. The van der Waals surface area contributed by atoms with Crippen LogP contribution in [0.4, 0.5) is 4.39 Å². The second kappa shape index (κ2) is 8.44. The number of benzene rings is 2. The summed E-state index contributed by atoms with van der Waals surface area (Å²) in [5.41, 5.74) is 1.77. The first-order valence-corrected chi connectivity index (χ1v) is 9.90. The number of aryl methyl sites for hydroxylation is 1. The average molecular weight is 426 g/mol. The molecule has 0 aliphatic heterocycles. The first-order chi connectivity index (χ1) is 15.4. The van der Waals surface area contributed by atoms with Crippen molar-refractivity contribution in [2.45, 2.75) is 19.9 Å². The number of amides is 1. The van der Waals surface area contributed by atoms with Crippen LogP contribution >= 0.6 is 0 Å². The van der Waals surface area contributed by atoms with Gasteiger partial charge in [-0.05, 0) is 55.6 Å². The molecule has 0 fully saturated rings. The number of nitrogens with zero attached hydrogens (tertiary/aromatic N) is 3. The number of aromatic nitrogens is 3. The van der Waals surface area contributed by atoms with Crippen LogP contribution in [0.2, 0.25) is 0 Å². The molecule has 0 aliphatic carbocycles. The fourth-order valence-electron chi connectivity index (χ4n) is 3.65. The highest BCUT2D eigenvalue weighted by Crippen LogP contribution is 2.23. The minimum Gasteiger partial charge on any atom is -0.343 e. The van der Waals surface area contributed by atoms with Crippen LogP contribution in [-0.2, 0) is 0 Å². The van der Waals surface area contributed by atoms with Crippen LogP contribution in [0.3, 0.4) is 0 Å². The molecular weight excluding hydrogens is 407 g/mol. The monoisotopic (exact) mass is 426 g/mol. The van der Waals surface area contributed by atoms with E-state index in [4.69, 9.17) is 6.42 Å². The Labute approximate surface area is 183 Å². The molecule has 4 rings (SSSR count). The Balaban J connectivity index is 1.89. The van der Waals surface area contributed by atoms with E-state index in [0.29, 0.717) is 33.4 Å². The van der Waals surface area contributed by atoms with Crippen molar-refractivity contribution in [2.24, 2.45) is 0 Å². The number of fused-ring (bicyclic) bond motifs is 1. The van der Waals surface area contributed by atoms with E-state index in [9.17, 15) is 14.0 Å². The number of hydrogen-bond donors (Lipinski definition) is 1. The van der Waals surface area contributed by atoms with Crippen LogP contribution in [0, 0.1) is 25.1 Å². The number of halogens is 1. The Morgan fingerprint density at radius 1 is 1.16 bits per heavy atom. The zero-order valence-corrected chi connectivity index (χ0v) is 17.5. The van der Waals surface area contributed by atoms with Gasteiger partial charge in [0.15, 0.2) is 0 Å². The summed E-state index contributed by atoms with van der Waals surface area (Å²) >= 11 is 0. The number of hydrogen-bond acceptors (Lipinski definition) is 4. The molecule has 0 spiro atoms. The predicted octanol–water partition coefficient (Wildman–Crippen LogP) is 3.70. The zero-order chi connectivity index (χ0) is 22.8. The normalized spacial score (nSPS) is 11.7. The summed E-state index contributed by atoms with van der Waals surface area (Å²) in [5.74, 6) is 1.71. The summed E-state index contributed by atoms with van der Waals surface area (Å²) in [6.07, 6.45) is 8.57. The molecule has 0 aliphatic rings. The van der Waals surface area contributed by atoms with Crippen molar-refractivity contribution in [1.29, 1.82) is 0 Å². The molecule has 32 heavy (non-hydrogen) atoms. The molecule has 7 heteroatoms. The van der Waals surface area contributed by atoms with Gasteiger partial charge in [-0.15, -0.1) is 6.42 Å². The highest BCUT2D eigenvalue weighted by atomic mass is 19.1. The van der Waals surface area contributed by atoms with Gasteiger partial charge in [0.1, 0.15) is 11.5 Å². The maximum atomic E-state index is 13.6. The van der Waals surface area contributed by atoms with Crippen molar-refractivity contribution < 1.29 is 9.18 Å². The zero-order valence-electron chi connectivity index (χ0n) is 17.5. The van der Waals surface area contributed by atoms with Crippen molar-refractivity contribution >= 4 is 16.7 Å². The van der Waals surface area contributed by atoms with Crippen LogP contribution in [0.5, 0.6) is 0 Å². The second-order valence-electron chi connectivity index (χ2n) is 7.29. The maximum Gasteiger partial charge on any atom is 0.272 e. The number of rotatable bonds is 4. The molecule has 1 atom stereocenters. The Morgan fingerprint density at radius 3 is 2.56 bits per heavy atom. The lowest BCUT2D eigenvalue weighted by atomic mass is 10.0. The van der Waals surface area contributed by atoms with Crippen molar-refractivity contribution in [3.05, 3.63) is 99.7 Å². The highest BCUT2D eigenvalue weighted by molar-refractivity contribution is 5.93. The lowest BCUT2D eigenvalue weighted by Gasteiger charge is -2.21. The lowest BCUT2D eigenvalue weighted by Crippen LogP contribution is -2.33. The van der Waals surface area contributed by atoms with Crippen LogP contribution in [0.25, 0.3) is 16.5 Å². The fraction of sp³-hybridized carbons (Fsp3) is 0.120. The van der Waals surface area contributed by atoms with Crippen LogP contribution in [0.15, 0.2) is 65.7 Å². The minimum atomic E-state index is -0.583. The van der Waals surface area contributed by atoms with Gasteiger partial charge in [0.25, 0.3) is 11.5 Å². The number of terminal acetylenes is 1. The molecule has 0 saturated heterocycles. The number of nitrogens with one attached hydrogen (secondary N) is 1. The topological polar surface area (TPSA) is 76.9 Å². The maximum absolute atomic E-state index is 13.6. The van der Waals surface area contributed by atoms with Gasteiger partial charge < -0.3 is 5.32 Å². The number of carbonyl (C=O) groups excluding carboxylic acids is 1. The first kappa shape index (κ1) is 20.9. The molecule has 1 amide bonds. The van der Waals surface area contributed by atoms with Crippen LogP contribution in [-0.4, -0.2) is 20.4 Å². The van der Waals surface area contributed by atoms with Gasteiger partial charge in [-0.2, -0.15) is 0 Å². The first-order valence-electron chi connectivity index (χ1n) is 9.90. The van der Waals surface area contributed by atoms with E-state index in [0.717, 1.165) is 0 Å². The van der Waals surface area contributed by atoms with Crippen molar-refractivity contribution in [1.82, 2.24) is 19.9 Å². The molecule has 2 heterocycles. The molecule has 0 bridgehead atoms. The van der Waals surface area contributed by atoms with Gasteiger partial charge in [-0.1, -0.05) is 18.1 Å².